The SMILES string of the molecule is CCCCCCCNC(=O)CCC(=O)NC(Cc1ccc(O)cc1)C(=O)NC(CC(=O)NC(CC(=O)NCC(=O)NCCCCCCO[C@@H]1O[C@H](CO)[C@H](O)[C@H](O)[C@H]1NC(C)=O)C(=O)NCC(=O)NCCCCCCO[C@@H]1O[C@H](CO)[C@H](O)[C@H](O)[C@H]1N)C(=O)NCC(=O)NCCCCCCO[C@@H]1O[C@H](CO)[C@H](O)[C@H](O)[C@H]1NC(C)=O. The number of phenolic OH excluding ortho intramolecular Hbond substituents is 1. The molecule has 3 aliphatic heterocycles. The summed E-state index contributed by atoms with van der Waals surface area (Å²) in [5.74, 6) is -9.77. The quantitative estimate of drug-likeness (QED) is 0.0270. The molecule has 41 heteroatoms. The summed E-state index contributed by atoms with van der Waals surface area (Å²) in [5.41, 5.74) is 6.35. The molecule has 1 aromatic rings. The Kier molecular flexibility index (Phi) is 48.0. The highest BCUT2D eigenvalue weighted by Gasteiger charge is 2.47. The minimum atomic E-state index is -1.91. The summed E-state index contributed by atoms with van der Waals surface area (Å²) in [7, 11) is 0. The number of aliphatic hydroxyl groups excluding tert-OH is 9. The first kappa shape index (κ1) is 99.4. The molecule has 654 valence electrons. The number of benzene rings is 1. The van der Waals surface area contributed by atoms with Gasteiger partial charge in [0.25, 0.3) is 0 Å². The number of ether oxygens (including phenoxy) is 6. The van der Waals surface area contributed by atoms with Crippen LogP contribution in [-0.4, -0.2) is 317 Å². The van der Waals surface area contributed by atoms with Crippen molar-refractivity contribution >= 4 is 70.9 Å². The number of carbonyl (C=O) groups is 12. The van der Waals surface area contributed by atoms with Crippen LogP contribution >= 0.6 is 0 Å². The molecule has 3 heterocycles. The van der Waals surface area contributed by atoms with Gasteiger partial charge < -0.3 is 149 Å². The summed E-state index contributed by atoms with van der Waals surface area (Å²) in [6, 6.07) is -3.03. The Morgan fingerprint density at radius 3 is 1.20 bits per heavy atom. The molecule has 1 aromatic carbocycles. The van der Waals surface area contributed by atoms with Gasteiger partial charge >= 0.3 is 0 Å². The number of phenols is 1. The number of amides is 12. The van der Waals surface area contributed by atoms with Crippen LogP contribution in [0, 0.1) is 0 Å². The van der Waals surface area contributed by atoms with Crippen molar-refractivity contribution in [3.63, 3.8) is 0 Å². The molecule has 18 atom stereocenters. The lowest BCUT2D eigenvalue weighted by molar-refractivity contribution is -0.270. The van der Waals surface area contributed by atoms with E-state index in [1.807, 2.05) is 0 Å². The molecule has 4 rings (SSSR count). The number of aromatic hydroxyl groups is 1. The molecule has 0 aromatic heterocycles. The number of rotatable bonds is 56. The summed E-state index contributed by atoms with van der Waals surface area (Å²) in [4.78, 5) is 160. The van der Waals surface area contributed by atoms with Crippen LogP contribution < -0.4 is 69.5 Å². The second-order valence-electron chi connectivity index (χ2n) is 28.6. The Hall–Kier alpha value is -7.98. The molecule has 0 saturated carbocycles. The normalized spacial score (nSPS) is 24.0. The van der Waals surface area contributed by atoms with E-state index < -0.39 is 233 Å². The zero-order valence-electron chi connectivity index (χ0n) is 65.8. The predicted molar refractivity (Wildman–Crippen MR) is 406 cm³/mol. The molecular formula is C74H125N13O28. The maximum Gasteiger partial charge on any atom is 0.243 e. The predicted octanol–water partition coefficient (Wildman–Crippen LogP) is -6.88. The first-order chi connectivity index (χ1) is 55.0. The highest BCUT2D eigenvalue weighted by atomic mass is 16.7. The molecule has 3 aliphatic rings. The summed E-state index contributed by atoms with van der Waals surface area (Å²) in [6.45, 7) is 1.80. The van der Waals surface area contributed by atoms with E-state index in [0.717, 1.165) is 32.1 Å². The van der Waals surface area contributed by atoms with Crippen LogP contribution in [0.5, 0.6) is 5.75 Å². The number of nitrogens with one attached hydrogen (secondary N) is 12. The first-order valence-corrected chi connectivity index (χ1v) is 39.6. The number of carbonyl (C=O) groups excluding carboxylic acids is 12. The number of nitrogens with two attached hydrogens (primary N) is 1. The van der Waals surface area contributed by atoms with Gasteiger partial charge in [-0.3, -0.25) is 57.5 Å². The largest absolute Gasteiger partial charge is 0.508 e. The number of hydrogen-bond acceptors (Lipinski definition) is 29. The lowest BCUT2D eigenvalue weighted by atomic mass is 9.97. The molecule has 0 bridgehead atoms. The molecule has 24 N–H and O–H groups in total. The van der Waals surface area contributed by atoms with Crippen LogP contribution in [-0.2, 0) is 92.4 Å². The second kappa shape index (κ2) is 55.6. The Morgan fingerprint density at radius 1 is 0.400 bits per heavy atom. The molecule has 41 nitrogen and oxygen atoms in total. The molecule has 3 saturated heterocycles. The minimum absolute atomic E-state index is 0.0838. The summed E-state index contributed by atoms with van der Waals surface area (Å²) >= 11 is 0. The van der Waals surface area contributed by atoms with Crippen LogP contribution in [0.4, 0.5) is 0 Å². The van der Waals surface area contributed by atoms with E-state index in [-0.39, 0.29) is 64.5 Å². The average molecular weight is 1640 g/mol. The fourth-order valence-corrected chi connectivity index (χ4v) is 12.5. The van der Waals surface area contributed by atoms with Crippen molar-refractivity contribution in [2.45, 2.75) is 272 Å². The van der Waals surface area contributed by atoms with Gasteiger partial charge in [-0.1, -0.05) is 83.3 Å². The maximum atomic E-state index is 14.5. The molecule has 3 fully saturated rings. The van der Waals surface area contributed by atoms with Gasteiger partial charge in [0.1, 0.15) is 90.9 Å². The van der Waals surface area contributed by atoms with E-state index in [4.69, 9.17) is 34.2 Å². The van der Waals surface area contributed by atoms with Gasteiger partial charge in [-0.15, -0.1) is 0 Å². The van der Waals surface area contributed by atoms with Gasteiger partial charge in [-0.2, -0.15) is 0 Å². The Labute approximate surface area is 668 Å². The highest BCUT2D eigenvalue weighted by molar-refractivity contribution is 5.98. The van der Waals surface area contributed by atoms with Gasteiger partial charge in [-0.05, 0) is 62.6 Å². The van der Waals surface area contributed by atoms with E-state index >= 15 is 0 Å². The fraction of sp³-hybridized carbons (Fsp3) is 0.757. The Balaban J connectivity index is 1.45. The summed E-state index contributed by atoms with van der Waals surface area (Å²) in [5, 5.41) is 131. The third-order valence-corrected chi connectivity index (χ3v) is 19.0. The van der Waals surface area contributed by atoms with Crippen molar-refractivity contribution in [2.75, 3.05) is 85.5 Å². The van der Waals surface area contributed by atoms with Gasteiger partial charge in [-0.25, -0.2) is 0 Å². The zero-order valence-corrected chi connectivity index (χ0v) is 65.8. The molecule has 0 radical (unpaired) electrons. The molecule has 3 unspecified atom stereocenters. The van der Waals surface area contributed by atoms with E-state index in [0.29, 0.717) is 89.2 Å². The Bertz CT molecular complexity index is 3130. The Morgan fingerprint density at radius 2 is 0.765 bits per heavy atom. The molecular weight excluding hydrogens is 1520 g/mol. The minimum Gasteiger partial charge on any atom is -0.508 e. The number of unbranched alkanes of at least 4 members (excludes halogenated alkanes) is 13. The highest BCUT2D eigenvalue weighted by Crippen LogP contribution is 2.26. The van der Waals surface area contributed by atoms with Crippen molar-refractivity contribution in [3.05, 3.63) is 29.8 Å². The van der Waals surface area contributed by atoms with Gasteiger partial charge in [0.2, 0.25) is 70.9 Å². The van der Waals surface area contributed by atoms with Crippen LogP contribution in [0.2, 0.25) is 0 Å². The fourth-order valence-electron chi connectivity index (χ4n) is 12.5. The molecule has 12 amide bonds. The van der Waals surface area contributed by atoms with Crippen molar-refractivity contribution in [1.82, 2.24) is 63.8 Å². The first-order valence-electron chi connectivity index (χ1n) is 39.6. The maximum absolute atomic E-state index is 14.5. The third kappa shape index (κ3) is 38.3. The van der Waals surface area contributed by atoms with Crippen LogP contribution in [0.15, 0.2) is 24.3 Å². The van der Waals surface area contributed by atoms with Gasteiger partial charge in [0.05, 0.1) is 58.3 Å². The van der Waals surface area contributed by atoms with E-state index in [1.165, 1.54) is 38.1 Å². The lowest BCUT2D eigenvalue weighted by Gasteiger charge is -2.42. The number of hydrogen-bond donors (Lipinski definition) is 23. The second-order valence-corrected chi connectivity index (χ2v) is 28.6. The summed E-state index contributed by atoms with van der Waals surface area (Å²) < 4.78 is 33.8. The average Bonchev–Trinajstić information content (AvgIpc) is 0.825. The van der Waals surface area contributed by atoms with E-state index in [2.05, 4.69) is 70.7 Å². The molecule has 0 spiro atoms. The van der Waals surface area contributed by atoms with Crippen molar-refractivity contribution in [1.29, 1.82) is 0 Å². The zero-order chi connectivity index (χ0) is 84.8. The van der Waals surface area contributed by atoms with Crippen molar-refractivity contribution < 1.29 is 137 Å². The molecule has 0 aliphatic carbocycles. The third-order valence-electron chi connectivity index (χ3n) is 19.0. The summed E-state index contributed by atoms with van der Waals surface area (Å²) in [6.07, 6.45) is -7.50. The van der Waals surface area contributed by atoms with E-state index in [1.54, 1.807) is 0 Å². The standard InChI is InChI=1S/C74H125N13O28/c1-4-5-6-7-14-27-76-53(94)25-26-54(95)85-47(34-45-21-23-46(93)24-22-45)71(109)87-49(70(108)82-39-59(100)79-30-17-10-13-20-33-112-74-62(84-44(3)92)68(106)65(103)52(42-90)115-74)36-56(97)86-48(69(107)81-38-58(99)78-29-16-8-11-18-31-110-72-60(75)66(104)63(101)50(40-88)113-72)35-55(96)80-37-57(98)77-28-15-9-12-19-32-111-73-61(83-43(2)91)67(105)64(102)51(41-89)114-73/h21-24,47-52,60-68,72-74,88-90,93,101-106H,4-20,25-42,75H2,1-3H3,(H,76,94)(H,77,98)(H,78,99)(H,79,100)(H,80,96)(H,81,107)(H,82,108)(H,83,91)(H,84,92)(H,85,95)(H,86,97)(H,87,109)/t47?,48?,49?,50-,51-,52-,60-,61-,62-,63+,64+,65+,66-,67-,68-,72-,73-,74-/m1/s1. The van der Waals surface area contributed by atoms with Crippen LogP contribution in [0.25, 0.3) is 0 Å². The van der Waals surface area contributed by atoms with Crippen molar-refractivity contribution in [3.8, 4) is 5.75 Å². The van der Waals surface area contributed by atoms with Gasteiger partial charge in [0, 0.05) is 79.1 Å². The number of aliphatic hydroxyl groups is 9. The van der Waals surface area contributed by atoms with Gasteiger partial charge in [0.15, 0.2) is 18.9 Å². The van der Waals surface area contributed by atoms with Crippen molar-refractivity contribution in [2.24, 2.45) is 5.73 Å². The monoisotopic (exact) mass is 1640 g/mol. The van der Waals surface area contributed by atoms with E-state index in [9.17, 15) is 109 Å². The van der Waals surface area contributed by atoms with Crippen LogP contribution in [0.3, 0.4) is 0 Å². The van der Waals surface area contributed by atoms with Crippen LogP contribution in [0.1, 0.15) is 161 Å². The smallest absolute Gasteiger partial charge is 0.243 e. The topological polar surface area (TPSA) is 633 Å². The molecule has 115 heavy (non-hydrogen) atoms. The lowest BCUT2D eigenvalue weighted by Crippen LogP contribution is -2.64.